The van der Waals surface area contributed by atoms with Gasteiger partial charge in [-0.25, -0.2) is 4.98 Å². The van der Waals surface area contributed by atoms with Crippen LogP contribution >= 0.6 is 11.3 Å². The quantitative estimate of drug-likeness (QED) is 0.852. The highest BCUT2D eigenvalue weighted by molar-refractivity contribution is 7.09. The minimum Gasteiger partial charge on any atom is -0.342 e. The van der Waals surface area contributed by atoms with Gasteiger partial charge in [-0.15, -0.1) is 11.3 Å². The minimum absolute atomic E-state index is 0.125. The number of nitrogens with zero attached hydrogens (tertiary/aromatic N) is 3. The van der Waals surface area contributed by atoms with Crippen molar-refractivity contribution in [2.45, 2.75) is 51.0 Å². The highest BCUT2D eigenvalue weighted by atomic mass is 32.1. The number of rotatable bonds is 3. The first-order valence-corrected chi connectivity index (χ1v) is 9.50. The van der Waals surface area contributed by atoms with Gasteiger partial charge in [0.2, 0.25) is 11.8 Å². The molecular weight excluding hydrogens is 310 g/mol. The summed E-state index contributed by atoms with van der Waals surface area (Å²) in [5.41, 5.74) is 1.06. The van der Waals surface area contributed by atoms with Gasteiger partial charge < -0.3 is 9.80 Å². The molecule has 3 heterocycles. The first-order valence-electron chi connectivity index (χ1n) is 8.62. The lowest BCUT2D eigenvalue weighted by molar-refractivity contribution is -0.137. The lowest BCUT2D eigenvalue weighted by Gasteiger charge is -2.33. The normalized spacial score (nSPS) is 28.5. The van der Waals surface area contributed by atoms with Crippen LogP contribution in [-0.2, 0) is 9.59 Å². The van der Waals surface area contributed by atoms with E-state index in [1.165, 1.54) is 0 Å². The number of hydrogen-bond donors (Lipinski definition) is 0. The minimum atomic E-state index is -0.125. The number of amides is 2. The molecule has 4 rings (SSSR count). The van der Waals surface area contributed by atoms with E-state index in [9.17, 15) is 9.59 Å². The largest absolute Gasteiger partial charge is 0.342 e. The number of piperidine rings is 1. The highest BCUT2D eigenvalue weighted by Crippen LogP contribution is 2.35. The Bertz CT molecular complexity index is 625. The number of likely N-dealkylation sites (tertiary alicyclic amines) is 2. The van der Waals surface area contributed by atoms with Crippen LogP contribution in [0.15, 0.2) is 5.38 Å². The molecule has 3 fully saturated rings. The molecule has 1 aliphatic carbocycles. The summed E-state index contributed by atoms with van der Waals surface area (Å²) in [7, 11) is 0. The third kappa shape index (κ3) is 3.01. The molecule has 1 aromatic heterocycles. The van der Waals surface area contributed by atoms with Crippen LogP contribution in [0.2, 0.25) is 0 Å². The summed E-state index contributed by atoms with van der Waals surface area (Å²) in [6, 6.07) is 0.424. The Morgan fingerprint density at radius 2 is 2.13 bits per heavy atom. The maximum atomic E-state index is 12.8. The molecule has 1 aromatic rings. The number of thiazole rings is 1. The maximum absolute atomic E-state index is 12.8. The number of aryl methyl sites for hydroxylation is 1. The van der Waals surface area contributed by atoms with E-state index < -0.39 is 0 Å². The second-order valence-corrected chi connectivity index (χ2v) is 8.02. The molecule has 0 aromatic carbocycles. The summed E-state index contributed by atoms with van der Waals surface area (Å²) in [4.78, 5) is 33.5. The molecule has 5 nitrogen and oxygen atoms in total. The summed E-state index contributed by atoms with van der Waals surface area (Å²) < 4.78 is 0. The van der Waals surface area contributed by atoms with Gasteiger partial charge in [-0.1, -0.05) is 0 Å². The van der Waals surface area contributed by atoms with Crippen molar-refractivity contribution in [3.63, 3.8) is 0 Å². The first kappa shape index (κ1) is 15.1. The molecule has 2 saturated heterocycles. The average molecular weight is 333 g/mol. The van der Waals surface area contributed by atoms with E-state index in [2.05, 4.69) is 10.4 Å². The van der Waals surface area contributed by atoms with Crippen LogP contribution in [0.5, 0.6) is 0 Å². The molecule has 2 aliphatic heterocycles. The molecule has 0 spiro atoms. The van der Waals surface area contributed by atoms with E-state index in [1.807, 2.05) is 16.7 Å². The Morgan fingerprint density at radius 3 is 2.83 bits per heavy atom. The van der Waals surface area contributed by atoms with Crippen LogP contribution in [0.4, 0.5) is 0 Å². The molecule has 23 heavy (non-hydrogen) atoms. The second-order valence-electron chi connectivity index (χ2n) is 7.13. The van der Waals surface area contributed by atoms with Gasteiger partial charge >= 0.3 is 0 Å². The predicted octanol–water partition coefficient (Wildman–Crippen LogP) is 2.17. The standard InChI is InChI=1S/C17H23N3O2S/c1-11-10-23-16(18-11)12-3-2-6-19(8-12)17(22)13-7-15(21)20(9-13)14-4-5-14/h10,12-14H,2-9H2,1H3/t12-,13+/m1/s1. The molecule has 2 amide bonds. The van der Waals surface area contributed by atoms with E-state index >= 15 is 0 Å². The van der Waals surface area contributed by atoms with Gasteiger partial charge in [0, 0.05) is 49.1 Å². The van der Waals surface area contributed by atoms with Crippen LogP contribution in [0.25, 0.3) is 0 Å². The fourth-order valence-corrected chi connectivity index (χ4v) is 4.76. The van der Waals surface area contributed by atoms with Crippen molar-refractivity contribution >= 4 is 23.2 Å². The molecule has 3 aliphatic rings. The lowest BCUT2D eigenvalue weighted by atomic mass is 9.96. The summed E-state index contributed by atoms with van der Waals surface area (Å²) >= 11 is 1.70. The van der Waals surface area contributed by atoms with E-state index in [4.69, 9.17) is 0 Å². The number of carbonyl (C=O) groups excluding carboxylic acids is 2. The molecule has 0 radical (unpaired) electrons. The van der Waals surface area contributed by atoms with Gasteiger partial charge in [-0.3, -0.25) is 9.59 Å². The second kappa shape index (κ2) is 5.89. The topological polar surface area (TPSA) is 53.5 Å². The predicted molar refractivity (Wildman–Crippen MR) is 88.2 cm³/mol. The Labute approximate surface area is 140 Å². The van der Waals surface area contributed by atoms with Gasteiger partial charge in [0.15, 0.2) is 0 Å². The third-order valence-electron chi connectivity index (χ3n) is 5.21. The summed E-state index contributed by atoms with van der Waals surface area (Å²) in [6.45, 7) is 4.25. The summed E-state index contributed by atoms with van der Waals surface area (Å²) in [5, 5.41) is 3.24. The van der Waals surface area contributed by atoms with Crippen molar-refractivity contribution in [2.75, 3.05) is 19.6 Å². The fraction of sp³-hybridized carbons (Fsp3) is 0.706. The number of carbonyl (C=O) groups is 2. The molecule has 0 bridgehead atoms. The monoisotopic (exact) mass is 333 g/mol. The zero-order valence-electron chi connectivity index (χ0n) is 13.5. The molecule has 0 N–H and O–H groups in total. The van der Waals surface area contributed by atoms with Crippen LogP contribution in [-0.4, -0.2) is 52.3 Å². The lowest BCUT2D eigenvalue weighted by Crippen LogP contribution is -2.43. The Kier molecular flexibility index (Phi) is 3.87. The van der Waals surface area contributed by atoms with Gasteiger partial charge in [0.25, 0.3) is 0 Å². The zero-order valence-corrected chi connectivity index (χ0v) is 14.3. The van der Waals surface area contributed by atoms with Crippen molar-refractivity contribution in [1.29, 1.82) is 0 Å². The first-order chi connectivity index (χ1) is 11.1. The maximum Gasteiger partial charge on any atom is 0.228 e. The van der Waals surface area contributed by atoms with Crippen LogP contribution in [0.1, 0.15) is 48.7 Å². The van der Waals surface area contributed by atoms with Crippen molar-refractivity contribution in [1.82, 2.24) is 14.8 Å². The average Bonchev–Trinajstić information content (AvgIpc) is 3.19. The summed E-state index contributed by atoms with van der Waals surface area (Å²) in [6.07, 6.45) is 4.77. The molecule has 6 heteroatoms. The number of hydrogen-bond acceptors (Lipinski definition) is 4. The SMILES string of the molecule is Cc1csc([C@@H]2CCCN(C(=O)[C@H]3CC(=O)N(C4CC4)C3)C2)n1. The Morgan fingerprint density at radius 1 is 1.30 bits per heavy atom. The van der Waals surface area contributed by atoms with Gasteiger partial charge in [0.05, 0.1) is 10.9 Å². The number of aromatic nitrogens is 1. The van der Waals surface area contributed by atoms with Crippen LogP contribution < -0.4 is 0 Å². The van der Waals surface area contributed by atoms with E-state index in [1.54, 1.807) is 11.3 Å². The molecule has 124 valence electrons. The Balaban J connectivity index is 1.41. The van der Waals surface area contributed by atoms with E-state index in [0.29, 0.717) is 24.9 Å². The van der Waals surface area contributed by atoms with Crippen molar-refractivity contribution < 1.29 is 9.59 Å². The van der Waals surface area contributed by atoms with Crippen molar-refractivity contribution in [3.8, 4) is 0 Å². The van der Waals surface area contributed by atoms with Crippen molar-refractivity contribution in [2.24, 2.45) is 5.92 Å². The smallest absolute Gasteiger partial charge is 0.228 e. The Hall–Kier alpha value is -1.43. The van der Waals surface area contributed by atoms with Crippen molar-refractivity contribution in [3.05, 3.63) is 16.1 Å². The molecule has 1 saturated carbocycles. The summed E-state index contributed by atoms with van der Waals surface area (Å²) in [5.74, 6) is 0.595. The van der Waals surface area contributed by atoms with Gasteiger partial charge in [-0.05, 0) is 32.6 Å². The van der Waals surface area contributed by atoms with Gasteiger partial charge in [-0.2, -0.15) is 0 Å². The van der Waals surface area contributed by atoms with Crippen LogP contribution in [0, 0.1) is 12.8 Å². The van der Waals surface area contributed by atoms with Crippen LogP contribution in [0.3, 0.4) is 0 Å². The fourth-order valence-electron chi connectivity index (χ4n) is 3.83. The molecular formula is C17H23N3O2S. The third-order valence-corrected chi connectivity index (χ3v) is 6.34. The van der Waals surface area contributed by atoms with Gasteiger partial charge in [0.1, 0.15) is 0 Å². The van der Waals surface area contributed by atoms with E-state index in [-0.39, 0.29) is 17.7 Å². The highest BCUT2D eigenvalue weighted by Gasteiger charge is 2.43. The molecule has 2 atom stereocenters. The zero-order chi connectivity index (χ0) is 16.0. The molecule has 0 unspecified atom stereocenters. The van der Waals surface area contributed by atoms with E-state index in [0.717, 1.165) is 49.5 Å².